The SMILES string of the molecule is COC(c1nc(Cl)c(I)c(Cl)n1)C1CC1. The molecule has 1 saturated carbocycles. The van der Waals surface area contributed by atoms with E-state index in [9.17, 15) is 0 Å². The summed E-state index contributed by atoms with van der Waals surface area (Å²) >= 11 is 13.9. The molecule has 6 heteroatoms. The summed E-state index contributed by atoms with van der Waals surface area (Å²) in [4.78, 5) is 8.41. The maximum absolute atomic E-state index is 5.95. The third-order valence-corrected chi connectivity index (χ3v) is 4.55. The first kappa shape index (κ1) is 11.8. The smallest absolute Gasteiger partial charge is 0.160 e. The van der Waals surface area contributed by atoms with Crippen molar-refractivity contribution < 1.29 is 4.74 Å². The molecule has 1 heterocycles. The van der Waals surface area contributed by atoms with Crippen LogP contribution in [0.25, 0.3) is 0 Å². The Morgan fingerprint density at radius 3 is 2.27 bits per heavy atom. The molecule has 0 aromatic carbocycles. The summed E-state index contributed by atoms with van der Waals surface area (Å²) in [5.41, 5.74) is 0. The summed E-state index contributed by atoms with van der Waals surface area (Å²) < 4.78 is 6.05. The van der Waals surface area contributed by atoms with Crippen LogP contribution in [0, 0.1) is 9.49 Å². The molecule has 1 aromatic rings. The van der Waals surface area contributed by atoms with E-state index in [4.69, 9.17) is 27.9 Å². The van der Waals surface area contributed by atoms with E-state index < -0.39 is 0 Å². The summed E-state index contributed by atoms with van der Waals surface area (Å²) in [6.07, 6.45) is 2.24. The van der Waals surface area contributed by atoms with E-state index in [1.807, 2.05) is 22.6 Å². The van der Waals surface area contributed by atoms with E-state index >= 15 is 0 Å². The second-order valence-electron chi connectivity index (χ2n) is 3.47. The predicted octanol–water partition coefficient (Wildman–Crippen LogP) is 3.49. The van der Waals surface area contributed by atoms with Crippen LogP contribution in [0.2, 0.25) is 10.3 Å². The highest BCUT2D eigenvalue weighted by Gasteiger charge is 2.35. The Kier molecular flexibility index (Phi) is 3.70. The molecule has 1 fully saturated rings. The van der Waals surface area contributed by atoms with Crippen molar-refractivity contribution in [2.45, 2.75) is 18.9 Å². The number of hydrogen-bond donors (Lipinski definition) is 0. The second-order valence-corrected chi connectivity index (χ2v) is 5.27. The fourth-order valence-electron chi connectivity index (χ4n) is 1.44. The number of aromatic nitrogens is 2. The third kappa shape index (κ3) is 2.54. The van der Waals surface area contributed by atoms with Gasteiger partial charge < -0.3 is 4.74 Å². The van der Waals surface area contributed by atoms with Gasteiger partial charge in [0.05, 0.1) is 3.57 Å². The minimum absolute atomic E-state index is 0.0722. The van der Waals surface area contributed by atoms with Crippen LogP contribution in [-0.2, 0) is 4.74 Å². The average Bonchev–Trinajstić information content (AvgIpc) is 2.99. The maximum atomic E-state index is 5.95. The number of hydrogen-bond acceptors (Lipinski definition) is 3. The Hall–Kier alpha value is 0.350. The molecule has 2 rings (SSSR count). The number of nitrogens with zero attached hydrogens (tertiary/aromatic N) is 2. The molecule has 1 unspecified atom stereocenters. The first-order valence-corrected chi connectivity index (χ1v) is 6.38. The Labute approximate surface area is 112 Å². The standard InChI is InChI=1S/C9H9Cl2IN2O/c1-15-6(4-2-3-4)9-13-7(10)5(12)8(11)14-9/h4,6H,2-3H2,1H3. The second kappa shape index (κ2) is 4.69. The summed E-state index contributed by atoms with van der Waals surface area (Å²) in [6, 6.07) is 0. The molecule has 0 bridgehead atoms. The Morgan fingerprint density at radius 2 is 1.87 bits per heavy atom. The lowest BCUT2D eigenvalue weighted by Gasteiger charge is -2.13. The largest absolute Gasteiger partial charge is 0.373 e. The van der Waals surface area contributed by atoms with Crippen LogP contribution >= 0.6 is 45.8 Å². The summed E-state index contributed by atoms with van der Waals surface area (Å²) in [7, 11) is 1.66. The van der Waals surface area contributed by atoms with Crippen LogP contribution in [-0.4, -0.2) is 17.1 Å². The quantitative estimate of drug-likeness (QED) is 0.612. The van der Waals surface area contributed by atoms with Crippen LogP contribution in [0.4, 0.5) is 0 Å². The fraction of sp³-hybridized carbons (Fsp3) is 0.556. The summed E-state index contributed by atoms with van der Waals surface area (Å²) in [5, 5.41) is 0.793. The van der Waals surface area contributed by atoms with Crippen molar-refractivity contribution in [1.29, 1.82) is 0 Å². The summed E-state index contributed by atoms with van der Waals surface area (Å²) in [6.45, 7) is 0. The Bertz CT molecular complexity index is 361. The molecule has 1 aromatic heterocycles. The van der Waals surface area contributed by atoms with Crippen LogP contribution in [0.3, 0.4) is 0 Å². The maximum Gasteiger partial charge on any atom is 0.160 e. The highest BCUT2D eigenvalue weighted by molar-refractivity contribution is 14.1. The van der Waals surface area contributed by atoms with Gasteiger partial charge in [0, 0.05) is 7.11 Å². The molecule has 0 radical (unpaired) electrons. The van der Waals surface area contributed by atoms with Gasteiger partial charge in [-0.05, 0) is 41.4 Å². The molecule has 82 valence electrons. The van der Waals surface area contributed by atoms with E-state index in [0.717, 1.165) is 12.8 Å². The van der Waals surface area contributed by atoms with Gasteiger partial charge in [-0.3, -0.25) is 0 Å². The molecule has 1 aliphatic rings. The van der Waals surface area contributed by atoms with Gasteiger partial charge in [-0.1, -0.05) is 23.2 Å². The van der Waals surface area contributed by atoms with Crippen LogP contribution in [0.5, 0.6) is 0 Å². The minimum atomic E-state index is -0.0722. The number of methoxy groups -OCH3 is 1. The van der Waals surface area contributed by atoms with Gasteiger partial charge >= 0.3 is 0 Å². The van der Waals surface area contributed by atoms with Gasteiger partial charge in [-0.15, -0.1) is 0 Å². The lowest BCUT2D eigenvalue weighted by atomic mass is 10.2. The highest BCUT2D eigenvalue weighted by Crippen LogP contribution is 2.42. The van der Waals surface area contributed by atoms with E-state index in [1.165, 1.54) is 0 Å². The molecule has 1 aliphatic carbocycles. The van der Waals surface area contributed by atoms with Crippen molar-refractivity contribution in [2.75, 3.05) is 7.11 Å². The first-order chi connectivity index (χ1) is 7.13. The van der Waals surface area contributed by atoms with E-state index in [2.05, 4.69) is 9.97 Å². The molecular weight excluding hydrogens is 350 g/mol. The van der Waals surface area contributed by atoms with Crippen LogP contribution in [0.15, 0.2) is 0 Å². The van der Waals surface area contributed by atoms with Crippen molar-refractivity contribution in [3.8, 4) is 0 Å². The molecule has 3 nitrogen and oxygen atoms in total. The van der Waals surface area contributed by atoms with Gasteiger partial charge in [0.2, 0.25) is 0 Å². The van der Waals surface area contributed by atoms with Crippen molar-refractivity contribution >= 4 is 45.8 Å². The Morgan fingerprint density at radius 1 is 1.33 bits per heavy atom. The van der Waals surface area contributed by atoms with E-state index in [-0.39, 0.29) is 6.10 Å². The van der Waals surface area contributed by atoms with Crippen molar-refractivity contribution in [2.24, 2.45) is 5.92 Å². The first-order valence-electron chi connectivity index (χ1n) is 4.54. The molecule has 0 amide bonds. The van der Waals surface area contributed by atoms with Crippen molar-refractivity contribution in [3.63, 3.8) is 0 Å². The van der Waals surface area contributed by atoms with Gasteiger partial charge in [0.25, 0.3) is 0 Å². The van der Waals surface area contributed by atoms with Gasteiger partial charge in [0.15, 0.2) is 5.82 Å². The van der Waals surface area contributed by atoms with Crippen molar-refractivity contribution in [1.82, 2.24) is 9.97 Å². The van der Waals surface area contributed by atoms with E-state index in [1.54, 1.807) is 7.11 Å². The zero-order valence-corrected chi connectivity index (χ0v) is 11.7. The average molecular weight is 359 g/mol. The monoisotopic (exact) mass is 358 g/mol. The molecule has 0 spiro atoms. The van der Waals surface area contributed by atoms with Gasteiger partial charge in [0.1, 0.15) is 16.4 Å². The molecule has 15 heavy (non-hydrogen) atoms. The molecule has 0 saturated heterocycles. The Balaban J connectivity index is 2.34. The van der Waals surface area contributed by atoms with Gasteiger partial charge in [-0.25, -0.2) is 9.97 Å². The van der Waals surface area contributed by atoms with Crippen LogP contribution < -0.4 is 0 Å². The zero-order chi connectivity index (χ0) is 11.0. The molecule has 0 N–H and O–H groups in total. The molecule has 0 aliphatic heterocycles. The normalized spacial score (nSPS) is 17.9. The lowest BCUT2D eigenvalue weighted by molar-refractivity contribution is 0.0772. The topological polar surface area (TPSA) is 35.0 Å². The zero-order valence-electron chi connectivity index (χ0n) is 8.01. The molecular formula is C9H9Cl2IN2O. The van der Waals surface area contributed by atoms with Crippen LogP contribution in [0.1, 0.15) is 24.8 Å². The van der Waals surface area contributed by atoms with E-state index in [0.29, 0.717) is 25.6 Å². The fourth-order valence-corrected chi connectivity index (χ4v) is 2.09. The highest BCUT2D eigenvalue weighted by atomic mass is 127. The third-order valence-electron chi connectivity index (χ3n) is 2.35. The number of rotatable bonds is 3. The van der Waals surface area contributed by atoms with Gasteiger partial charge in [-0.2, -0.15) is 0 Å². The predicted molar refractivity (Wildman–Crippen MR) is 67.2 cm³/mol. The van der Waals surface area contributed by atoms with Crippen molar-refractivity contribution in [3.05, 3.63) is 19.7 Å². The minimum Gasteiger partial charge on any atom is -0.373 e. The molecule has 1 atom stereocenters. The number of ether oxygens (including phenoxy) is 1. The lowest BCUT2D eigenvalue weighted by Crippen LogP contribution is -2.09. The summed E-state index contributed by atoms with van der Waals surface area (Å²) in [5.74, 6) is 1.11. The number of halogens is 3.